The Bertz CT molecular complexity index is 649. The molecule has 0 bridgehead atoms. The van der Waals surface area contributed by atoms with E-state index >= 15 is 0 Å². The van der Waals surface area contributed by atoms with Crippen LogP contribution in [0.2, 0.25) is 0 Å². The van der Waals surface area contributed by atoms with Crippen molar-refractivity contribution < 1.29 is 4.74 Å². The molecule has 1 aromatic heterocycles. The van der Waals surface area contributed by atoms with E-state index in [1.807, 2.05) is 24.3 Å². The first-order valence-electron chi connectivity index (χ1n) is 6.19. The van der Waals surface area contributed by atoms with Crippen molar-refractivity contribution in [1.29, 1.82) is 5.26 Å². The third-order valence-corrected chi connectivity index (χ3v) is 3.33. The van der Waals surface area contributed by atoms with E-state index in [0.29, 0.717) is 18.8 Å². The first kappa shape index (κ1) is 11.8. The zero-order valence-electron chi connectivity index (χ0n) is 10.4. The molecule has 1 unspecified atom stereocenters. The molecule has 1 aliphatic rings. The molecular formula is C14H14N4O. The number of nitrogen functional groups attached to an aromatic ring is 1. The van der Waals surface area contributed by atoms with Gasteiger partial charge < -0.3 is 15.4 Å². The third kappa shape index (κ3) is 2.07. The molecule has 1 atom stereocenters. The fourth-order valence-electron chi connectivity index (χ4n) is 2.40. The number of rotatable bonds is 1. The standard InChI is InChI=1S/C14H14N4O/c15-8-10-9-18(6-7-19-10)13-4-3-12(16)14-11(13)2-1-5-17-14/h1-5,10H,6-7,9,16H2. The Balaban J connectivity index is 2.06. The summed E-state index contributed by atoms with van der Waals surface area (Å²) < 4.78 is 5.37. The minimum atomic E-state index is -0.377. The van der Waals surface area contributed by atoms with Crippen molar-refractivity contribution in [2.75, 3.05) is 30.3 Å². The second-order valence-electron chi connectivity index (χ2n) is 4.51. The summed E-state index contributed by atoms with van der Waals surface area (Å²) in [6, 6.07) is 9.91. The summed E-state index contributed by atoms with van der Waals surface area (Å²) in [6.45, 7) is 1.90. The van der Waals surface area contributed by atoms with Gasteiger partial charge >= 0.3 is 0 Å². The van der Waals surface area contributed by atoms with E-state index in [9.17, 15) is 0 Å². The molecule has 0 amide bonds. The summed E-state index contributed by atoms with van der Waals surface area (Å²) in [5.74, 6) is 0. The van der Waals surface area contributed by atoms with Gasteiger partial charge in [0.1, 0.15) is 0 Å². The van der Waals surface area contributed by atoms with Crippen molar-refractivity contribution in [2.45, 2.75) is 6.10 Å². The van der Waals surface area contributed by atoms with Crippen LogP contribution >= 0.6 is 0 Å². The predicted octanol–water partition coefficient (Wildman–Crippen LogP) is 1.55. The molecule has 2 aromatic rings. The number of pyridine rings is 1. The molecular weight excluding hydrogens is 240 g/mol. The van der Waals surface area contributed by atoms with Crippen LogP contribution in [0.5, 0.6) is 0 Å². The van der Waals surface area contributed by atoms with Crippen LogP contribution < -0.4 is 10.6 Å². The highest BCUT2D eigenvalue weighted by atomic mass is 16.5. The summed E-state index contributed by atoms with van der Waals surface area (Å²) in [5.41, 5.74) is 8.48. The Kier molecular flexibility index (Phi) is 2.94. The Morgan fingerprint density at radius 2 is 2.32 bits per heavy atom. The first-order valence-corrected chi connectivity index (χ1v) is 6.19. The number of anilines is 2. The third-order valence-electron chi connectivity index (χ3n) is 3.33. The molecule has 2 heterocycles. The quantitative estimate of drug-likeness (QED) is 0.781. The normalized spacial score (nSPS) is 19.3. The van der Waals surface area contributed by atoms with Gasteiger partial charge in [-0.3, -0.25) is 4.98 Å². The van der Waals surface area contributed by atoms with E-state index in [1.54, 1.807) is 6.20 Å². The number of hydrogen-bond donors (Lipinski definition) is 1. The molecule has 0 spiro atoms. The summed E-state index contributed by atoms with van der Waals surface area (Å²) >= 11 is 0. The molecule has 0 saturated carbocycles. The van der Waals surface area contributed by atoms with Gasteiger partial charge in [-0.25, -0.2) is 0 Å². The van der Waals surface area contributed by atoms with Crippen LogP contribution in [0.25, 0.3) is 10.9 Å². The van der Waals surface area contributed by atoms with E-state index in [2.05, 4.69) is 16.0 Å². The van der Waals surface area contributed by atoms with Crippen LogP contribution in [0.4, 0.5) is 11.4 Å². The van der Waals surface area contributed by atoms with Crippen LogP contribution in [-0.2, 0) is 4.74 Å². The highest BCUT2D eigenvalue weighted by Crippen LogP contribution is 2.30. The van der Waals surface area contributed by atoms with Crippen LogP contribution in [0.1, 0.15) is 0 Å². The van der Waals surface area contributed by atoms with E-state index in [0.717, 1.165) is 23.1 Å². The molecule has 1 fully saturated rings. The molecule has 96 valence electrons. The molecule has 5 heteroatoms. The molecule has 1 saturated heterocycles. The van der Waals surface area contributed by atoms with Gasteiger partial charge in [0.25, 0.3) is 0 Å². The van der Waals surface area contributed by atoms with Gasteiger partial charge in [-0.15, -0.1) is 0 Å². The van der Waals surface area contributed by atoms with Gasteiger partial charge in [0.05, 0.1) is 30.4 Å². The van der Waals surface area contributed by atoms with Crippen LogP contribution in [0, 0.1) is 11.3 Å². The molecule has 19 heavy (non-hydrogen) atoms. The average molecular weight is 254 g/mol. The maximum atomic E-state index is 8.98. The number of nitriles is 1. The Morgan fingerprint density at radius 3 is 3.16 bits per heavy atom. The van der Waals surface area contributed by atoms with Crippen molar-refractivity contribution in [3.63, 3.8) is 0 Å². The number of hydrogen-bond acceptors (Lipinski definition) is 5. The van der Waals surface area contributed by atoms with Gasteiger partial charge in [0, 0.05) is 23.8 Å². The highest BCUT2D eigenvalue weighted by molar-refractivity contribution is 5.98. The summed E-state index contributed by atoms with van der Waals surface area (Å²) in [5, 5.41) is 9.99. The SMILES string of the molecule is N#CC1CN(c2ccc(N)c3ncccc23)CCO1. The van der Waals surface area contributed by atoms with E-state index in [1.165, 1.54) is 0 Å². The van der Waals surface area contributed by atoms with E-state index < -0.39 is 0 Å². The number of benzene rings is 1. The molecule has 1 aliphatic heterocycles. The van der Waals surface area contributed by atoms with Crippen molar-refractivity contribution in [3.05, 3.63) is 30.5 Å². The lowest BCUT2D eigenvalue weighted by Gasteiger charge is -2.32. The minimum absolute atomic E-state index is 0.377. The smallest absolute Gasteiger partial charge is 0.161 e. The van der Waals surface area contributed by atoms with Crippen molar-refractivity contribution in [1.82, 2.24) is 4.98 Å². The Hall–Kier alpha value is -2.32. The maximum Gasteiger partial charge on any atom is 0.161 e. The fourth-order valence-corrected chi connectivity index (χ4v) is 2.40. The van der Waals surface area contributed by atoms with Crippen LogP contribution in [0.15, 0.2) is 30.5 Å². The monoisotopic (exact) mass is 254 g/mol. The molecule has 3 rings (SSSR count). The van der Waals surface area contributed by atoms with Gasteiger partial charge in [0.15, 0.2) is 6.10 Å². The van der Waals surface area contributed by atoms with Gasteiger partial charge in [0.2, 0.25) is 0 Å². The lowest BCUT2D eigenvalue weighted by Crippen LogP contribution is -2.41. The van der Waals surface area contributed by atoms with Gasteiger partial charge in [-0.2, -0.15) is 5.26 Å². The zero-order chi connectivity index (χ0) is 13.2. The summed E-state index contributed by atoms with van der Waals surface area (Å²) in [6.07, 6.45) is 1.36. The summed E-state index contributed by atoms with van der Waals surface area (Å²) in [4.78, 5) is 6.48. The van der Waals surface area contributed by atoms with E-state index in [-0.39, 0.29) is 6.10 Å². The molecule has 1 aromatic carbocycles. The molecule has 0 aliphatic carbocycles. The molecule has 2 N–H and O–H groups in total. The largest absolute Gasteiger partial charge is 0.397 e. The number of aromatic nitrogens is 1. The minimum Gasteiger partial charge on any atom is -0.397 e. The molecule has 0 radical (unpaired) electrons. The number of morpholine rings is 1. The first-order chi connectivity index (χ1) is 9.29. The van der Waals surface area contributed by atoms with Crippen LogP contribution in [0.3, 0.4) is 0 Å². The highest BCUT2D eigenvalue weighted by Gasteiger charge is 2.21. The van der Waals surface area contributed by atoms with Crippen LogP contribution in [-0.4, -0.2) is 30.8 Å². The van der Waals surface area contributed by atoms with Crippen molar-refractivity contribution in [3.8, 4) is 6.07 Å². The lowest BCUT2D eigenvalue weighted by atomic mass is 10.1. The van der Waals surface area contributed by atoms with Gasteiger partial charge in [-0.05, 0) is 24.3 Å². The van der Waals surface area contributed by atoms with Crippen molar-refractivity contribution in [2.24, 2.45) is 0 Å². The summed E-state index contributed by atoms with van der Waals surface area (Å²) in [7, 11) is 0. The lowest BCUT2D eigenvalue weighted by molar-refractivity contribution is 0.0765. The fraction of sp³-hybridized carbons (Fsp3) is 0.286. The van der Waals surface area contributed by atoms with Gasteiger partial charge in [-0.1, -0.05) is 0 Å². The predicted molar refractivity (Wildman–Crippen MR) is 73.7 cm³/mol. The number of nitrogens with zero attached hydrogens (tertiary/aromatic N) is 3. The number of ether oxygens (including phenoxy) is 1. The number of fused-ring (bicyclic) bond motifs is 1. The second kappa shape index (κ2) is 4.75. The Morgan fingerprint density at radius 1 is 1.42 bits per heavy atom. The average Bonchev–Trinajstić information content (AvgIpc) is 2.48. The Labute approximate surface area is 111 Å². The zero-order valence-corrected chi connectivity index (χ0v) is 10.4. The van der Waals surface area contributed by atoms with E-state index in [4.69, 9.17) is 15.7 Å². The topological polar surface area (TPSA) is 75.2 Å². The number of nitrogens with two attached hydrogens (primary N) is 1. The second-order valence-corrected chi connectivity index (χ2v) is 4.51. The maximum absolute atomic E-state index is 8.98. The van der Waals surface area contributed by atoms with Crippen molar-refractivity contribution >= 4 is 22.3 Å². The molecule has 5 nitrogen and oxygen atoms in total.